The molecule has 1 aromatic heterocycles. The molecule has 17 heavy (non-hydrogen) atoms. The minimum Gasteiger partial charge on any atom is -0.436 e. The molecule has 2 unspecified atom stereocenters. The molecule has 1 aromatic rings. The van der Waals surface area contributed by atoms with Crippen LogP contribution in [-0.4, -0.2) is 30.0 Å². The number of piperidine rings is 1. The lowest BCUT2D eigenvalue weighted by Crippen LogP contribution is -2.32. The van der Waals surface area contributed by atoms with E-state index in [1.165, 1.54) is 0 Å². The predicted molar refractivity (Wildman–Crippen MR) is 64.3 cm³/mol. The molecule has 2 fully saturated rings. The van der Waals surface area contributed by atoms with Crippen molar-refractivity contribution in [3.63, 3.8) is 0 Å². The van der Waals surface area contributed by atoms with Gasteiger partial charge < -0.3 is 15.1 Å². The highest BCUT2D eigenvalue weighted by Crippen LogP contribution is 2.41. The number of aromatic nitrogens is 1. The summed E-state index contributed by atoms with van der Waals surface area (Å²) in [6.45, 7) is 5.58. The topological polar surface area (TPSA) is 67.2 Å². The summed E-state index contributed by atoms with van der Waals surface area (Å²) < 4.78 is 5.29. The van der Waals surface area contributed by atoms with E-state index in [1.54, 1.807) is 13.8 Å². The van der Waals surface area contributed by atoms with Crippen LogP contribution in [0.4, 0.5) is 0 Å². The smallest absolute Gasteiger partial charge is 0.289 e. The van der Waals surface area contributed by atoms with Crippen LogP contribution < -0.4 is 10.6 Å². The molecule has 2 N–H and O–H groups in total. The maximum absolute atomic E-state index is 11.9. The Bertz CT molecular complexity index is 436. The number of aryl methyl sites for hydroxylation is 2. The number of hydrogen-bond acceptors (Lipinski definition) is 4. The van der Waals surface area contributed by atoms with E-state index >= 15 is 0 Å². The van der Waals surface area contributed by atoms with Crippen molar-refractivity contribution in [1.29, 1.82) is 0 Å². The molecule has 2 aliphatic rings. The molecule has 1 amide bonds. The van der Waals surface area contributed by atoms with Gasteiger partial charge in [0.25, 0.3) is 5.91 Å². The van der Waals surface area contributed by atoms with Gasteiger partial charge in [0.15, 0.2) is 5.89 Å². The van der Waals surface area contributed by atoms with Gasteiger partial charge in [-0.05, 0) is 18.8 Å². The van der Waals surface area contributed by atoms with Crippen LogP contribution in [0.2, 0.25) is 0 Å². The van der Waals surface area contributed by atoms with Gasteiger partial charge >= 0.3 is 0 Å². The second kappa shape index (κ2) is 4.31. The predicted octanol–water partition coefficient (Wildman–Crippen LogP) is 0.661. The van der Waals surface area contributed by atoms with Crippen LogP contribution in [0.3, 0.4) is 0 Å². The number of oxazole rings is 1. The Kier molecular flexibility index (Phi) is 3.14. The van der Waals surface area contributed by atoms with Crippen molar-refractivity contribution in [1.82, 2.24) is 15.6 Å². The second-order valence-corrected chi connectivity index (χ2v) is 4.63. The average molecular weight is 258 g/mol. The first-order chi connectivity index (χ1) is 7.66. The molecule has 1 saturated heterocycles. The largest absolute Gasteiger partial charge is 0.436 e. The Morgan fingerprint density at radius 3 is 2.59 bits per heavy atom. The normalized spacial score (nSPS) is 29.4. The SMILES string of the molecule is Cc1nc(C)c(C(=O)NC2C3CNCC32)o1.Cl. The van der Waals surface area contributed by atoms with Gasteiger partial charge in [-0.2, -0.15) is 0 Å². The summed E-state index contributed by atoms with van der Waals surface area (Å²) in [4.78, 5) is 16.0. The summed E-state index contributed by atoms with van der Waals surface area (Å²) in [5.74, 6) is 2.01. The Hall–Kier alpha value is -1.07. The number of halogens is 1. The summed E-state index contributed by atoms with van der Waals surface area (Å²) in [5, 5.41) is 6.31. The second-order valence-electron chi connectivity index (χ2n) is 4.63. The molecule has 0 spiro atoms. The molecule has 94 valence electrons. The van der Waals surface area contributed by atoms with Crippen molar-refractivity contribution in [2.45, 2.75) is 19.9 Å². The van der Waals surface area contributed by atoms with E-state index < -0.39 is 0 Å². The first-order valence-corrected chi connectivity index (χ1v) is 5.62. The van der Waals surface area contributed by atoms with Crippen molar-refractivity contribution >= 4 is 18.3 Å². The van der Waals surface area contributed by atoms with E-state index in [4.69, 9.17) is 4.42 Å². The van der Waals surface area contributed by atoms with E-state index in [-0.39, 0.29) is 18.3 Å². The number of hydrogen-bond donors (Lipinski definition) is 2. The van der Waals surface area contributed by atoms with Crippen molar-refractivity contribution in [3.8, 4) is 0 Å². The van der Waals surface area contributed by atoms with Gasteiger partial charge in [-0.1, -0.05) is 0 Å². The minimum absolute atomic E-state index is 0. The summed E-state index contributed by atoms with van der Waals surface area (Å²) in [7, 11) is 0. The van der Waals surface area contributed by atoms with E-state index in [0.717, 1.165) is 13.1 Å². The fourth-order valence-corrected chi connectivity index (χ4v) is 2.59. The van der Waals surface area contributed by atoms with Crippen molar-refractivity contribution in [2.75, 3.05) is 13.1 Å². The van der Waals surface area contributed by atoms with Gasteiger partial charge in [0.05, 0.1) is 5.69 Å². The van der Waals surface area contributed by atoms with Crippen LogP contribution in [0.5, 0.6) is 0 Å². The maximum Gasteiger partial charge on any atom is 0.289 e. The summed E-state index contributed by atoms with van der Waals surface area (Å²) in [5.41, 5.74) is 0.666. The summed E-state index contributed by atoms with van der Waals surface area (Å²) >= 11 is 0. The number of carbonyl (C=O) groups excluding carboxylic acids is 1. The third-order valence-electron chi connectivity index (χ3n) is 3.50. The molecular formula is C11H16ClN3O2. The van der Waals surface area contributed by atoms with Crippen LogP contribution in [0.25, 0.3) is 0 Å². The molecule has 6 heteroatoms. The molecule has 0 aromatic carbocycles. The molecule has 0 radical (unpaired) electrons. The Morgan fingerprint density at radius 1 is 1.41 bits per heavy atom. The number of fused-ring (bicyclic) bond motifs is 1. The molecule has 1 aliphatic carbocycles. The molecule has 1 aliphatic heterocycles. The van der Waals surface area contributed by atoms with Crippen LogP contribution in [0, 0.1) is 25.7 Å². The Labute approximate surface area is 106 Å². The molecule has 3 rings (SSSR count). The van der Waals surface area contributed by atoms with Gasteiger partial charge in [0, 0.05) is 26.1 Å². The quantitative estimate of drug-likeness (QED) is 0.817. The fourth-order valence-electron chi connectivity index (χ4n) is 2.59. The third-order valence-corrected chi connectivity index (χ3v) is 3.50. The number of amides is 1. The van der Waals surface area contributed by atoms with Crippen molar-refractivity contribution in [2.24, 2.45) is 11.8 Å². The number of rotatable bonds is 2. The molecule has 5 nitrogen and oxygen atoms in total. The van der Waals surface area contributed by atoms with Crippen LogP contribution in [0.1, 0.15) is 22.1 Å². The lowest BCUT2D eigenvalue weighted by atomic mass is 10.3. The molecular weight excluding hydrogens is 242 g/mol. The van der Waals surface area contributed by atoms with E-state index in [9.17, 15) is 4.79 Å². The van der Waals surface area contributed by atoms with Gasteiger partial charge in [0.2, 0.25) is 5.76 Å². The van der Waals surface area contributed by atoms with Crippen LogP contribution in [-0.2, 0) is 0 Å². The Balaban J connectivity index is 0.00000108. The highest BCUT2D eigenvalue weighted by molar-refractivity contribution is 5.92. The average Bonchev–Trinajstić information content (AvgIpc) is 2.66. The fraction of sp³-hybridized carbons (Fsp3) is 0.636. The highest BCUT2D eigenvalue weighted by Gasteiger charge is 2.53. The molecule has 2 atom stereocenters. The van der Waals surface area contributed by atoms with Crippen LogP contribution in [0.15, 0.2) is 4.42 Å². The van der Waals surface area contributed by atoms with E-state index in [0.29, 0.717) is 35.2 Å². The number of nitrogens with one attached hydrogen (secondary N) is 2. The van der Waals surface area contributed by atoms with Crippen molar-refractivity contribution < 1.29 is 9.21 Å². The summed E-state index contributed by atoms with van der Waals surface area (Å²) in [6, 6.07) is 0.332. The van der Waals surface area contributed by atoms with Gasteiger partial charge in [0.1, 0.15) is 0 Å². The van der Waals surface area contributed by atoms with E-state index in [2.05, 4.69) is 15.6 Å². The van der Waals surface area contributed by atoms with Gasteiger partial charge in [-0.25, -0.2) is 4.98 Å². The first-order valence-electron chi connectivity index (χ1n) is 5.62. The minimum atomic E-state index is -0.127. The maximum atomic E-state index is 11.9. The zero-order valence-corrected chi connectivity index (χ0v) is 10.6. The Morgan fingerprint density at radius 2 is 2.06 bits per heavy atom. The van der Waals surface area contributed by atoms with Gasteiger partial charge in [-0.3, -0.25) is 4.79 Å². The molecule has 0 bridgehead atoms. The molecule has 1 saturated carbocycles. The standard InChI is InChI=1S/C11H15N3O2.ClH/c1-5-10(16-6(2)13-5)11(15)14-9-7-3-12-4-8(7)9;/h7-9,12H,3-4H2,1-2H3,(H,14,15);1H. The summed E-state index contributed by atoms with van der Waals surface area (Å²) in [6.07, 6.45) is 0. The van der Waals surface area contributed by atoms with Gasteiger partial charge in [-0.15, -0.1) is 12.4 Å². The monoisotopic (exact) mass is 257 g/mol. The molecule has 2 heterocycles. The zero-order valence-electron chi connectivity index (χ0n) is 9.82. The number of nitrogens with zero attached hydrogens (tertiary/aromatic N) is 1. The van der Waals surface area contributed by atoms with E-state index in [1.807, 2.05) is 0 Å². The van der Waals surface area contributed by atoms with Crippen LogP contribution >= 0.6 is 12.4 Å². The highest BCUT2D eigenvalue weighted by atomic mass is 35.5. The third kappa shape index (κ3) is 2.05. The lowest BCUT2D eigenvalue weighted by molar-refractivity contribution is 0.0916. The lowest BCUT2D eigenvalue weighted by Gasteiger charge is -2.05. The van der Waals surface area contributed by atoms with Crippen molar-refractivity contribution in [3.05, 3.63) is 17.3 Å². The first kappa shape index (κ1) is 12.4. The zero-order chi connectivity index (χ0) is 11.3. The number of carbonyl (C=O) groups is 1.